The van der Waals surface area contributed by atoms with Crippen LogP contribution in [-0.4, -0.2) is 31.1 Å². The summed E-state index contributed by atoms with van der Waals surface area (Å²) < 4.78 is 0. The van der Waals surface area contributed by atoms with Gasteiger partial charge >= 0.3 is 0 Å². The monoisotopic (exact) mass is 297 g/mol. The largest absolute Gasteiger partial charge is 0.368 e. The molecule has 2 aromatic rings. The molecule has 108 valence electrons. The van der Waals surface area contributed by atoms with E-state index in [1.807, 2.05) is 29.5 Å². The van der Waals surface area contributed by atoms with Crippen molar-refractivity contribution in [3.8, 4) is 6.07 Å². The minimum atomic E-state index is 0.778. The Balaban J connectivity index is 1.61. The molecule has 1 aliphatic rings. The first-order chi connectivity index (χ1) is 10.3. The normalized spacial score (nSPS) is 15.9. The van der Waals surface area contributed by atoms with E-state index in [0.717, 1.165) is 44.0 Å². The van der Waals surface area contributed by atoms with Crippen molar-refractivity contribution in [3.05, 3.63) is 51.7 Å². The van der Waals surface area contributed by atoms with Gasteiger partial charge in [0.2, 0.25) is 0 Å². The van der Waals surface area contributed by atoms with Gasteiger partial charge in [0.1, 0.15) is 6.07 Å². The Bertz CT molecular complexity index is 648. The molecule has 0 spiro atoms. The maximum absolute atomic E-state index is 9.21. The minimum Gasteiger partial charge on any atom is -0.368 e. The average Bonchev–Trinajstić information content (AvgIpc) is 2.93. The highest BCUT2D eigenvalue weighted by atomic mass is 32.1. The molecule has 0 unspecified atom stereocenters. The van der Waals surface area contributed by atoms with Crippen LogP contribution in [0, 0.1) is 18.3 Å². The maximum Gasteiger partial charge on any atom is 0.101 e. The van der Waals surface area contributed by atoms with Crippen molar-refractivity contribution >= 4 is 17.0 Å². The van der Waals surface area contributed by atoms with Gasteiger partial charge in [0, 0.05) is 42.5 Å². The molecule has 3 rings (SSSR count). The lowest BCUT2D eigenvalue weighted by atomic mass is 10.1. The van der Waals surface area contributed by atoms with E-state index in [2.05, 4.69) is 41.0 Å². The third-order valence-corrected chi connectivity index (χ3v) is 4.90. The van der Waals surface area contributed by atoms with E-state index in [0.29, 0.717) is 0 Å². The molecule has 3 nitrogen and oxygen atoms in total. The first-order valence-corrected chi connectivity index (χ1v) is 8.09. The summed E-state index contributed by atoms with van der Waals surface area (Å²) in [4.78, 5) is 7.65. The lowest BCUT2D eigenvalue weighted by Gasteiger charge is -2.36. The summed E-state index contributed by atoms with van der Waals surface area (Å²) in [7, 11) is 0. The summed E-state index contributed by atoms with van der Waals surface area (Å²) in [5.41, 5.74) is 1.85. The zero-order valence-electron chi connectivity index (χ0n) is 12.2. The first kappa shape index (κ1) is 14.1. The van der Waals surface area contributed by atoms with Crippen molar-refractivity contribution in [1.29, 1.82) is 5.26 Å². The minimum absolute atomic E-state index is 0.778. The summed E-state index contributed by atoms with van der Waals surface area (Å²) >= 11 is 1.89. The Morgan fingerprint density at radius 2 is 1.86 bits per heavy atom. The second kappa shape index (κ2) is 6.30. The lowest BCUT2D eigenvalue weighted by Crippen LogP contribution is -2.46. The number of hydrogen-bond donors (Lipinski definition) is 0. The van der Waals surface area contributed by atoms with Crippen LogP contribution in [-0.2, 0) is 6.54 Å². The molecular weight excluding hydrogens is 278 g/mol. The van der Waals surface area contributed by atoms with E-state index in [4.69, 9.17) is 0 Å². The summed E-state index contributed by atoms with van der Waals surface area (Å²) in [5.74, 6) is 0. The molecule has 1 aliphatic heterocycles. The molecule has 0 atom stereocenters. The number of piperazine rings is 1. The number of hydrogen-bond acceptors (Lipinski definition) is 4. The standard InChI is InChI=1S/C17H19N3S/c1-14-6-7-16(21-14)13-19-8-10-20(11-9-19)17-5-3-2-4-15(17)12-18/h2-7H,8-11,13H2,1H3. The summed E-state index contributed by atoms with van der Waals surface area (Å²) in [6, 6.07) is 14.6. The SMILES string of the molecule is Cc1ccc(CN2CCN(c3ccccc3C#N)CC2)s1. The fourth-order valence-corrected chi connectivity index (χ4v) is 3.71. The Morgan fingerprint density at radius 3 is 2.52 bits per heavy atom. The lowest BCUT2D eigenvalue weighted by molar-refractivity contribution is 0.252. The fourth-order valence-electron chi connectivity index (χ4n) is 2.78. The van der Waals surface area contributed by atoms with E-state index in [1.54, 1.807) is 0 Å². The first-order valence-electron chi connectivity index (χ1n) is 7.28. The predicted octanol–water partition coefficient (Wildman–Crippen LogP) is 3.25. The van der Waals surface area contributed by atoms with Gasteiger partial charge in [-0.1, -0.05) is 12.1 Å². The van der Waals surface area contributed by atoms with Crippen molar-refractivity contribution in [3.63, 3.8) is 0 Å². The number of anilines is 1. The van der Waals surface area contributed by atoms with Gasteiger partial charge in [0.05, 0.1) is 11.3 Å². The Labute approximate surface area is 130 Å². The van der Waals surface area contributed by atoms with Gasteiger partial charge in [-0.05, 0) is 31.2 Å². The van der Waals surface area contributed by atoms with Crippen molar-refractivity contribution in [1.82, 2.24) is 4.90 Å². The molecule has 0 saturated carbocycles. The number of nitriles is 1. The van der Waals surface area contributed by atoms with E-state index in [-0.39, 0.29) is 0 Å². The molecule has 0 N–H and O–H groups in total. The Kier molecular flexibility index (Phi) is 4.23. The van der Waals surface area contributed by atoms with Crippen molar-refractivity contribution in [2.24, 2.45) is 0 Å². The topological polar surface area (TPSA) is 30.3 Å². The molecule has 0 aliphatic carbocycles. The third-order valence-electron chi connectivity index (χ3n) is 3.91. The second-order valence-electron chi connectivity index (χ2n) is 5.40. The molecule has 0 radical (unpaired) electrons. The molecule has 0 bridgehead atoms. The number of thiophene rings is 1. The van der Waals surface area contributed by atoms with E-state index in [1.165, 1.54) is 9.75 Å². The molecule has 0 amide bonds. The zero-order valence-corrected chi connectivity index (χ0v) is 13.1. The number of aryl methyl sites for hydroxylation is 1. The van der Waals surface area contributed by atoms with Crippen LogP contribution in [0.25, 0.3) is 0 Å². The third kappa shape index (κ3) is 3.26. The second-order valence-corrected chi connectivity index (χ2v) is 6.78. The van der Waals surface area contributed by atoms with Crippen LogP contribution in [0.1, 0.15) is 15.3 Å². The van der Waals surface area contributed by atoms with Crippen molar-refractivity contribution in [2.75, 3.05) is 31.1 Å². The quantitative estimate of drug-likeness (QED) is 0.871. The molecule has 1 fully saturated rings. The number of para-hydroxylation sites is 1. The number of rotatable bonds is 3. The molecular formula is C17H19N3S. The van der Waals surface area contributed by atoms with Gasteiger partial charge in [-0.15, -0.1) is 11.3 Å². The van der Waals surface area contributed by atoms with Crippen LogP contribution in [0.4, 0.5) is 5.69 Å². The van der Waals surface area contributed by atoms with Crippen molar-refractivity contribution < 1.29 is 0 Å². The van der Waals surface area contributed by atoms with Gasteiger partial charge in [0.25, 0.3) is 0 Å². The number of nitrogens with zero attached hydrogens (tertiary/aromatic N) is 3. The average molecular weight is 297 g/mol. The van der Waals surface area contributed by atoms with Gasteiger partial charge in [-0.2, -0.15) is 5.26 Å². The molecule has 4 heteroatoms. The van der Waals surface area contributed by atoms with Gasteiger partial charge < -0.3 is 4.90 Å². The Hall–Kier alpha value is -1.83. The summed E-state index contributed by atoms with van der Waals surface area (Å²) in [6.07, 6.45) is 0. The van der Waals surface area contributed by atoms with Crippen LogP contribution in [0.2, 0.25) is 0 Å². The summed E-state index contributed by atoms with van der Waals surface area (Å²) in [6.45, 7) is 7.29. The molecule has 1 aromatic carbocycles. The van der Waals surface area contributed by atoms with Crippen LogP contribution in [0.3, 0.4) is 0 Å². The van der Waals surface area contributed by atoms with Crippen LogP contribution < -0.4 is 4.90 Å². The van der Waals surface area contributed by atoms with Crippen LogP contribution >= 0.6 is 11.3 Å². The van der Waals surface area contributed by atoms with Crippen LogP contribution in [0.15, 0.2) is 36.4 Å². The highest BCUT2D eigenvalue weighted by Gasteiger charge is 2.19. The summed E-state index contributed by atoms with van der Waals surface area (Å²) in [5, 5.41) is 9.21. The van der Waals surface area contributed by atoms with Crippen LogP contribution in [0.5, 0.6) is 0 Å². The van der Waals surface area contributed by atoms with E-state index >= 15 is 0 Å². The maximum atomic E-state index is 9.21. The smallest absolute Gasteiger partial charge is 0.101 e. The van der Waals surface area contributed by atoms with Gasteiger partial charge in [-0.3, -0.25) is 4.90 Å². The zero-order chi connectivity index (χ0) is 14.7. The fraction of sp³-hybridized carbons (Fsp3) is 0.353. The van der Waals surface area contributed by atoms with E-state index in [9.17, 15) is 5.26 Å². The van der Waals surface area contributed by atoms with Crippen molar-refractivity contribution in [2.45, 2.75) is 13.5 Å². The highest BCUT2D eigenvalue weighted by molar-refractivity contribution is 7.11. The number of benzene rings is 1. The predicted molar refractivity (Wildman–Crippen MR) is 87.7 cm³/mol. The highest BCUT2D eigenvalue weighted by Crippen LogP contribution is 2.22. The molecule has 2 heterocycles. The van der Waals surface area contributed by atoms with E-state index < -0.39 is 0 Å². The molecule has 1 saturated heterocycles. The molecule has 21 heavy (non-hydrogen) atoms. The van der Waals surface area contributed by atoms with Gasteiger partial charge in [-0.25, -0.2) is 0 Å². The van der Waals surface area contributed by atoms with Gasteiger partial charge in [0.15, 0.2) is 0 Å². The molecule has 1 aromatic heterocycles. The Morgan fingerprint density at radius 1 is 1.10 bits per heavy atom.